The molecule has 1 N–H and O–H groups in total. The SMILES string of the molecule is Cc1ccc(Br)cc1NCC1Cc2ccccc2O1. The second kappa shape index (κ2) is 5.25. The molecule has 3 rings (SSSR count). The Morgan fingerprint density at radius 2 is 2.11 bits per heavy atom. The van der Waals surface area contributed by atoms with Gasteiger partial charge in [0.1, 0.15) is 11.9 Å². The van der Waals surface area contributed by atoms with Crippen LogP contribution in [0.1, 0.15) is 11.1 Å². The standard InChI is InChI=1S/C16H16BrNO/c1-11-6-7-13(17)9-15(11)18-10-14-8-12-4-2-3-5-16(12)19-14/h2-7,9,14,18H,8,10H2,1H3. The minimum Gasteiger partial charge on any atom is -0.488 e. The maximum absolute atomic E-state index is 5.92. The predicted molar refractivity (Wildman–Crippen MR) is 81.9 cm³/mol. The number of ether oxygens (including phenoxy) is 1. The fourth-order valence-electron chi connectivity index (χ4n) is 2.38. The van der Waals surface area contributed by atoms with Crippen molar-refractivity contribution in [1.82, 2.24) is 0 Å². The van der Waals surface area contributed by atoms with Crippen LogP contribution in [-0.2, 0) is 6.42 Å². The van der Waals surface area contributed by atoms with E-state index in [1.54, 1.807) is 0 Å². The molecule has 0 saturated heterocycles. The molecule has 0 spiro atoms. The smallest absolute Gasteiger partial charge is 0.123 e. The average Bonchev–Trinajstić information content (AvgIpc) is 2.82. The van der Waals surface area contributed by atoms with Crippen LogP contribution in [0.5, 0.6) is 5.75 Å². The van der Waals surface area contributed by atoms with Gasteiger partial charge in [-0.2, -0.15) is 0 Å². The Kier molecular flexibility index (Phi) is 3.47. The van der Waals surface area contributed by atoms with E-state index in [9.17, 15) is 0 Å². The summed E-state index contributed by atoms with van der Waals surface area (Å²) in [5, 5.41) is 3.48. The Morgan fingerprint density at radius 1 is 1.26 bits per heavy atom. The number of hydrogen-bond acceptors (Lipinski definition) is 2. The van der Waals surface area contributed by atoms with Gasteiger partial charge in [0.2, 0.25) is 0 Å². The first kappa shape index (κ1) is 12.5. The third-order valence-corrected chi connectivity index (χ3v) is 3.93. The number of para-hydroxylation sites is 1. The third kappa shape index (κ3) is 2.76. The molecule has 1 unspecified atom stereocenters. The molecule has 0 radical (unpaired) electrons. The van der Waals surface area contributed by atoms with Crippen molar-refractivity contribution in [3.8, 4) is 5.75 Å². The van der Waals surface area contributed by atoms with E-state index in [1.807, 2.05) is 12.1 Å². The summed E-state index contributed by atoms with van der Waals surface area (Å²) in [4.78, 5) is 0. The van der Waals surface area contributed by atoms with Crippen LogP contribution in [0.3, 0.4) is 0 Å². The molecule has 0 amide bonds. The van der Waals surface area contributed by atoms with E-state index in [0.29, 0.717) is 0 Å². The zero-order chi connectivity index (χ0) is 13.2. The highest BCUT2D eigenvalue weighted by Crippen LogP contribution is 2.28. The molecule has 2 aromatic carbocycles. The van der Waals surface area contributed by atoms with Gasteiger partial charge in [-0.25, -0.2) is 0 Å². The molecule has 1 aliphatic rings. The van der Waals surface area contributed by atoms with Crippen LogP contribution < -0.4 is 10.1 Å². The lowest BCUT2D eigenvalue weighted by Gasteiger charge is -2.14. The fourth-order valence-corrected chi connectivity index (χ4v) is 2.74. The monoisotopic (exact) mass is 317 g/mol. The summed E-state index contributed by atoms with van der Waals surface area (Å²) in [6, 6.07) is 14.5. The molecule has 98 valence electrons. The maximum Gasteiger partial charge on any atom is 0.123 e. The second-order valence-corrected chi connectivity index (χ2v) is 5.81. The zero-order valence-corrected chi connectivity index (χ0v) is 12.4. The van der Waals surface area contributed by atoms with Gasteiger partial charge in [-0.05, 0) is 36.2 Å². The molecule has 19 heavy (non-hydrogen) atoms. The van der Waals surface area contributed by atoms with Crippen LogP contribution in [0.2, 0.25) is 0 Å². The number of hydrogen-bond donors (Lipinski definition) is 1. The lowest BCUT2D eigenvalue weighted by Crippen LogP contribution is -2.24. The van der Waals surface area contributed by atoms with Crippen LogP contribution in [0, 0.1) is 6.92 Å². The quantitative estimate of drug-likeness (QED) is 0.917. The van der Waals surface area contributed by atoms with Crippen LogP contribution in [0.15, 0.2) is 46.9 Å². The van der Waals surface area contributed by atoms with Crippen molar-refractivity contribution >= 4 is 21.6 Å². The highest BCUT2D eigenvalue weighted by atomic mass is 79.9. The van der Waals surface area contributed by atoms with Gasteiger partial charge in [-0.1, -0.05) is 40.2 Å². The molecule has 0 aliphatic carbocycles. The first-order valence-corrected chi connectivity index (χ1v) is 7.26. The number of fused-ring (bicyclic) bond motifs is 1. The lowest BCUT2D eigenvalue weighted by molar-refractivity contribution is 0.246. The molecule has 1 aliphatic heterocycles. The summed E-state index contributed by atoms with van der Waals surface area (Å²) in [7, 11) is 0. The van der Waals surface area contributed by atoms with Crippen LogP contribution in [0.4, 0.5) is 5.69 Å². The highest BCUT2D eigenvalue weighted by molar-refractivity contribution is 9.10. The van der Waals surface area contributed by atoms with Gasteiger partial charge in [0, 0.05) is 16.6 Å². The van der Waals surface area contributed by atoms with E-state index in [2.05, 4.69) is 58.5 Å². The van der Waals surface area contributed by atoms with Gasteiger partial charge in [-0.3, -0.25) is 0 Å². The lowest BCUT2D eigenvalue weighted by atomic mass is 10.1. The van der Waals surface area contributed by atoms with Crippen molar-refractivity contribution in [3.05, 3.63) is 58.1 Å². The molecule has 2 nitrogen and oxygen atoms in total. The highest BCUT2D eigenvalue weighted by Gasteiger charge is 2.21. The van der Waals surface area contributed by atoms with Crippen molar-refractivity contribution in [2.24, 2.45) is 0 Å². The summed E-state index contributed by atoms with van der Waals surface area (Å²) in [6.07, 6.45) is 1.20. The van der Waals surface area contributed by atoms with Crippen molar-refractivity contribution in [1.29, 1.82) is 0 Å². The summed E-state index contributed by atoms with van der Waals surface area (Å²) in [5.41, 5.74) is 3.72. The van der Waals surface area contributed by atoms with E-state index >= 15 is 0 Å². The summed E-state index contributed by atoms with van der Waals surface area (Å²) < 4.78 is 7.02. The van der Waals surface area contributed by atoms with Gasteiger partial charge in [-0.15, -0.1) is 0 Å². The Balaban J connectivity index is 1.64. The molecule has 1 atom stereocenters. The molecule has 0 bridgehead atoms. The Bertz CT molecular complexity index is 572. The van der Waals surface area contributed by atoms with E-state index in [1.165, 1.54) is 11.1 Å². The fraction of sp³-hybridized carbons (Fsp3) is 0.250. The summed E-state index contributed by atoms with van der Waals surface area (Å²) in [6.45, 7) is 2.94. The maximum atomic E-state index is 5.92. The summed E-state index contributed by atoms with van der Waals surface area (Å²) in [5.74, 6) is 1.03. The minimum absolute atomic E-state index is 0.218. The van der Waals surface area contributed by atoms with Crippen molar-refractivity contribution in [3.63, 3.8) is 0 Å². The Morgan fingerprint density at radius 3 is 2.95 bits per heavy atom. The third-order valence-electron chi connectivity index (χ3n) is 3.43. The molecule has 0 fully saturated rings. The van der Waals surface area contributed by atoms with Crippen molar-refractivity contribution < 1.29 is 4.74 Å². The minimum atomic E-state index is 0.218. The molecule has 1 heterocycles. The molecule has 0 aromatic heterocycles. The number of benzene rings is 2. The predicted octanol–water partition coefficient (Wildman–Crippen LogP) is 4.17. The van der Waals surface area contributed by atoms with E-state index < -0.39 is 0 Å². The second-order valence-electron chi connectivity index (χ2n) is 4.89. The normalized spacial score (nSPS) is 16.8. The Hall–Kier alpha value is -1.48. The molecule has 3 heteroatoms. The molecular formula is C16H16BrNO. The molecule has 0 saturated carbocycles. The summed E-state index contributed by atoms with van der Waals surface area (Å²) >= 11 is 3.50. The van der Waals surface area contributed by atoms with E-state index in [4.69, 9.17) is 4.74 Å². The average molecular weight is 318 g/mol. The van der Waals surface area contributed by atoms with E-state index in [0.717, 1.165) is 28.9 Å². The van der Waals surface area contributed by atoms with Gasteiger partial charge < -0.3 is 10.1 Å². The largest absolute Gasteiger partial charge is 0.488 e. The molecule has 2 aromatic rings. The van der Waals surface area contributed by atoms with Crippen LogP contribution in [0.25, 0.3) is 0 Å². The topological polar surface area (TPSA) is 21.3 Å². The van der Waals surface area contributed by atoms with Crippen molar-refractivity contribution in [2.75, 3.05) is 11.9 Å². The Labute approximate surface area is 121 Å². The zero-order valence-electron chi connectivity index (χ0n) is 10.8. The number of anilines is 1. The van der Waals surface area contributed by atoms with Gasteiger partial charge in [0.25, 0.3) is 0 Å². The van der Waals surface area contributed by atoms with E-state index in [-0.39, 0.29) is 6.10 Å². The number of aryl methyl sites for hydroxylation is 1. The van der Waals surface area contributed by atoms with Gasteiger partial charge in [0.15, 0.2) is 0 Å². The van der Waals surface area contributed by atoms with Gasteiger partial charge >= 0.3 is 0 Å². The van der Waals surface area contributed by atoms with Crippen molar-refractivity contribution in [2.45, 2.75) is 19.4 Å². The first-order chi connectivity index (χ1) is 9.22. The van der Waals surface area contributed by atoms with Crippen LogP contribution in [-0.4, -0.2) is 12.6 Å². The van der Waals surface area contributed by atoms with Gasteiger partial charge in [0.05, 0.1) is 6.54 Å². The number of nitrogens with one attached hydrogen (secondary N) is 1. The number of halogens is 1. The molecular weight excluding hydrogens is 302 g/mol. The number of rotatable bonds is 3. The first-order valence-electron chi connectivity index (χ1n) is 6.47. The van der Waals surface area contributed by atoms with Crippen LogP contribution >= 0.6 is 15.9 Å².